The van der Waals surface area contributed by atoms with Crippen molar-refractivity contribution in [2.24, 2.45) is 0 Å². The Morgan fingerprint density at radius 2 is 1.80 bits per heavy atom. The molecular formula is C12H19Br2N3O2S. The molecule has 0 aromatic heterocycles. The second kappa shape index (κ2) is 7.22. The van der Waals surface area contributed by atoms with Gasteiger partial charge in [0.25, 0.3) is 0 Å². The monoisotopic (exact) mass is 427 g/mol. The second-order valence-electron chi connectivity index (χ2n) is 4.93. The SMILES string of the molecule is CC(CCN(C)C)NS(=O)(=O)c1c(Br)cc(N)cc1Br. The summed E-state index contributed by atoms with van der Waals surface area (Å²) in [4.78, 5) is 2.18. The van der Waals surface area contributed by atoms with Crippen molar-refractivity contribution in [3.05, 3.63) is 21.1 Å². The molecule has 1 aromatic carbocycles. The van der Waals surface area contributed by atoms with Gasteiger partial charge in [-0.3, -0.25) is 0 Å². The molecule has 0 aliphatic rings. The van der Waals surface area contributed by atoms with Crippen molar-refractivity contribution >= 4 is 47.6 Å². The van der Waals surface area contributed by atoms with Crippen molar-refractivity contribution in [1.29, 1.82) is 0 Å². The first-order chi connectivity index (χ1) is 9.13. The van der Waals surface area contributed by atoms with Crippen LogP contribution in [-0.2, 0) is 10.0 Å². The van der Waals surface area contributed by atoms with Crippen LogP contribution >= 0.6 is 31.9 Å². The number of hydrogen-bond donors (Lipinski definition) is 2. The van der Waals surface area contributed by atoms with E-state index in [1.54, 1.807) is 12.1 Å². The van der Waals surface area contributed by atoms with E-state index in [9.17, 15) is 8.42 Å². The highest BCUT2D eigenvalue weighted by molar-refractivity contribution is 9.11. The Morgan fingerprint density at radius 1 is 1.30 bits per heavy atom. The molecular weight excluding hydrogens is 410 g/mol. The zero-order valence-electron chi connectivity index (χ0n) is 11.7. The number of hydrogen-bond acceptors (Lipinski definition) is 4. The fourth-order valence-corrected chi connectivity index (χ4v) is 5.57. The van der Waals surface area contributed by atoms with Crippen molar-refractivity contribution in [1.82, 2.24) is 9.62 Å². The highest BCUT2D eigenvalue weighted by atomic mass is 79.9. The average Bonchev–Trinajstić information content (AvgIpc) is 2.23. The van der Waals surface area contributed by atoms with Gasteiger partial charge >= 0.3 is 0 Å². The molecule has 0 heterocycles. The average molecular weight is 429 g/mol. The van der Waals surface area contributed by atoms with Gasteiger partial charge in [-0.05, 0) is 78.0 Å². The summed E-state index contributed by atoms with van der Waals surface area (Å²) in [6.45, 7) is 2.66. The molecule has 1 unspecified atom stereocenters. The Morgan fingerprint density at radius 3 is 2.25 bits per heavy atom. The van der Waals surface area contributed by atoms with Crippen LogP contribution in [0.25, 0.3) is 0 Å². The maximum absolute atomic E-state index is 12.4. The molecule has 3 N–H and O–H groups in total. The summed E-state index contributed by atoms with van der Waals surface area (Å²) < 4.78 is 28.4. The minimum absolute atomic E-state index is 0.154. The Hall–Kier alpha value is -0.150. The molecule has 0 radical (unpaired) electrons. The summed E-state index contributed by atoms with van der Waals surface area (Å²) in [5.74, 6) is 0. The number of nitrogens with zero attached hydrogens (tertiary/aromatic N) is 1. The van der Waals surface area contributed by atoms with Crippen LogP contribution in [0.2, 0.25) is 0 Å². The molecule has 1 aromatic rings. The van der Waals surface area contributed by atoms with Crippen LogP contribution in [0.1, 0.15) is 13.3 Å². The van der Waals surface area contributed by atoms with Crippen molar-refractivity contribution in [3.63, 3.8) is 0 Å². The molecule has 0 amide bonds. The summed E-state index contributed by atoms with van der Waals surface area (Å²) in [5, 5.41) is 0. The van der Waals surface area contributed by atoms with Crippen LogP contribution < -0.4 is 10.5 Å². The normalized spacial score (nSPS) is 13.7. The molecule has 0 fully saturated rings. The first kappa shape index (κ1) is 17.9. The maximum Gasteiger partial charge on any atom is 0.243 e. The van der Waals surface area contributed by atoms with Crippen LogP contribution in [0.4, 0.5) is 5.69 Å². The lowest BCUT2D eigenvalue weighted by Gasteiger charge is -2.18. The number of halogens is 2. The first-order valence-corrected chi connectivity index (χ1v) is 9.12. The van der Waals surface area contributed by atoms with E-state index in [0.29, 0.717) is 14.6 Å². The third-order valence-corrected chi connectivity index (χ3v) is 6.12. The number of nitrogen functional groups attached to an aromatic ring is 1. The third kappa shape index (κ3) is 5.00. The lowest BCUT2D eigenvalue weighted by Crippen LogP contribution is -2.35. The predicted molar refractivity (Wildman–Crippen MR) is 89.2 cm³/mol. The minimum atomic E-state index is -3.60. The van der Waals surface area contributed by atoms with E-state index >= 15 is 0 Å². The molecule has 20 heavy (non-hydrogen) atoms. The van der Waals surface area contributed by atoms with Crippen molar-refractivity contribution in [3.8, 4) is 0 Å². The topological polar surface area (TPSA) is 75.4 Å². The number of benzene rings is 1. The zero-order chi connectivity index (χ0) is 15.5. The van der Waals surface area contributed by atoms with E-state index in [2.05, 4.69) is 36.6 Å². The van der Waals surface area contributed by atoms with Gasteiger partial charge in [0.2, 0.25) is 10.0 Å². The largest absolute Gasteiger partial charge is 0.399 e. The molecule has 0 saturated heterocycles. The van der Waals surface area contributed by atoms with Crippen LogP contribution in [0.15, 0.2) is 26.0 Å². The van der Waals surface area contributed by atoms with E-state index in [1.807, 2.05) is 25.9 Å². The smallest absolute Gasteiger partial charge is 0.243 e. The summed E-state index contributed by atoms with van der Waals surface area (Å²) in [6.07, 6.45) is 0.733. The molecule has 1 rings (SSSR count). The number of sulfonamides is 1. The van der Waals surface area contributed by atoms with Crippen LogP contribution in [0, 0.1) is 0 Å². The quantitative estimate of drug-likeness (QED) is 0.682. The van der Waals surface area contributed by atoms with Gasteiger partial charge in [0.15, 0.2) is 0 Å². The van der Waals surface area contributed by atoms with Gasteiger partial charge in [-0.2, -0.15) is 0 Å². The third-order valence-electron chi connectivity index (χ3n) is 2.66. The van der Waals surface area contributed by atoms with E-state index in [4.69, 9.17) is 5.73 Å². The van der Waals surface area contributed by atoms with Crippen molar-refractivity contribution < 1.29 is 8.42 Å². The molecule has 0 bridgehead atoms. The van der Waals surface area contributed by atoms with E-state index in [1.165, 1.54) is 0 Å². The van der Waals surface area contributed by atoms with Crippen molar-refractivity contribution in [2.75, 3.05) is 26.4 Å². The fourth-order valence-electron chi connectivity index (χ4n) is 1.67. The van der Waals surface area contributed by atoms with Crippen LogP contribution in [0.5, 0.6) is 0 Å². The van der Waals surface area contributed by atoms with Gasteiger partial charge in [-0.1, -0.05) is 0 Å². The summed E-state index contributed by atoms with van der Waals surface area (Å²) in [7, 11) is 0.302. The summed E-state index contributed by atoms with van der Waals surface area (Å²) in [5.41, 5.74) is 6.16. The fraction of sp³-hybridized carbons (Fsp3) is 0.500. The Kier molecular flexibility index (Phi) is 6.46. The van der Waals surface area contributed by atoms with Gasteiger partial charge in [0, 0.05) is 20.7 Å². The number of nitrogens with two attached hydrogens (primary N) is 1. The second-order valence-corrected chi connectivity index (χ2v) is 8.29. The van der Waals surface area contributed by atoms with Gasteiger partial charge in [0.1, 0.15) is 4.90 Å². The number of rotatable bonds is 6. The van der Waals surface area contributed by atoms with E-state index in [-0.39, 0.29) is 10.9 Å². The molecule has 0 spiro atoms. The van der Waals surface area contributed by atoms with Crippen molar-refractivity contribution in [2.45, 2.75) is 24.3 Å². The zero-order valence-corrected chi connectivity index (χ0v) is 15.6. The van der Waals surface area contributed by atoms with Gasteiger partial charge in [-0.15, -0.1) is 0 Å². The number of anilines is 1. The van der Waals surface area contributed by atoms with Gasteiger partial charge in [0.05, 0.1) is 0 Å². The highest BCUT2D eigenvalue weighted by Gasteiger charge is 2.23. The minimum Gasteiger partial charge on any atom is -0.399 e. The maximum atomic E-state index is 12.4. The first-order valence-electron chi connectivity index (χ1n) is 6.05. The molecule has 0 aliphatic heterocycles. The summed E-state index contributed by atoms with van der Waals surface area (Å²) in [6, 6.07) is 2.99. The lowest BCUT2D eigenvalue weighted by atomic mass is 10.2. The molecule has 8 heteroatoms. The Labute approximate surface area is 137 Å². The van der Waals surface area contributed by atoms with Crippen LogP contribution in [-0.4, -0.2) is 40.0 Å². The van der Waals surface area contributed by atoms with Gasteiger partial charge < -0.3 is 10.6 Å². The molecule has 5 nitrogen and oxygen atoms in total. The highest BCUT2D eigenvalue weighted by Crippen LogP contribution is 2.32. The Bertz CT molecular complexity index is 553. The van der Waals surface area contributed by atoms with Gasteiger partial charge in [-0.25, -0.2) is 13.1 Å². The predicted octanol–water partition coefficient (Wildman–Crippen LogP) is 2.41. The Balaban J connectivity index is 2.95. The molecule has 114 valence electrons. The summed E-state index contributed by atoms with van der Waals surface area (Å²) >= 11 is 6.50. The lowest BCUT2D eigenvalue weighted by molar-refractivity contribution is 0.379. The van der Waals surface area contributed by atoms with E-state index in [0.717, 1.165) is 13.0 Å². The number of nitrogens with one attached hydrogen (secondary N) is 1. The standard InChI is InChI=1S/C12H19Br2N3O2S/c1-8(4-5-17(2)3)16-20(18,19)12-10(13)6-9(15)7-11(12)14/h6-8,16H,4-5,15H2,1-3H3. The molecule has 0 saturated carbocycles. The molecule has 0 aliphatic carbocycles. The van der Waals surface area contributed by atoms with Crippen LogP contribution in [0.3, 0.4) is 0 Å². The molecule has 1 atom stereocenters. The van der Waals surface area contributed by atoms with E-state index < -0.39 is 10.0 Å².